The molecule has 0 unspecified atom stereocenters. The van der Waals surface area contributed by atoms with Crippen LogP contribution in [0.15, 0.2) is 12.7 Å². The number of carbonyl (C=O) groups is 1. The van der Waals surface area contributed by atoms with Gasteiger partial charge >= 0.3 is 0 Å². The molecule has 0 saturated carbocycles. The van der Waals surface area contributed by atoms with Gasteiger partial charge in [0.15, 0.2) is 0 Å². The minimum atomic E-state index is -0.0801. The summed E-state index contributed by atoms with van der Waals surface area (Å²) in [5.74, 6) is -0.0801. The first-order chi connectivity index (χ1) is 5.31. The summed E-state index contributed by atoms with van der Waals surface area (Å²) in [7, 11) is 0. The fraction of sp³-hybridized carbons (Fsp3) is 0.667. The molecule has 0 fully saturated rings. The average Bonchev–Trinajstić information content (AvgIpc) is 2.08. The lowest BCUT2D eigenvalue weighted by atomic mass is 10.3. The van der Waals surface area contributed by atoms with E-state index in [1.807, 2.05) is 13.8 Å². The van der Waals surface area contributed by atoms with Gasteiger partial charge in [-0.2, -0.15) is 0 Å². The van der Waals surface area contributed by atoms with Gasteiger partial charge in [-0.15, -0.1) is 0 Å². The van der Waals surface area contributed by atoms with Gasteiger partial charge < -0.3 is 5.32 Å². The third-order valence-corrected chi connectivity index (χ3v) is 1.01. The zero-order valence-electron chi connectivity index (χ0n) is 7.81. The number of hydrogen-bond donors (Lipinski definition) is 1. The summed E-state index contributed by atoms with van der Waals surface area (Å²) < 4.78 is 0. The van der Waals surface area contributed by atoms with Crippen LogP contribution >= 0.6 is 0 Å². The van der Waals surface area contributed by atoms with Crippen LogP contribution in [0.25, 0.3) is 0 Å². The molecular weight excluding hydrogens is 138 g/mol. The molecule has 66 valence electrons. The molecule has 0 aliphatic heterocycles. The van der Waals surface area contributed by atoms with Gasteiger partial charge in [0.2, 0.25) is 5.91 Å². The Balaban J connectivity index is 0. The van der Waals surface area contributed by atoms with E-state index < -0.39 is 0 Å². The smallest absolute Gasteiger partial charge is 0.243 e. The summed E-state index contributed by atoms with van der Waals surface area (Å²) in [4.78, 5) is 10.5. The van der Waals surface area contributed by atoms with Crippen LogP contribution in [0, 0.1) is 0 Å². The van der Waals surface area contributed by atoms with Crippen molar-refractivity contribution in [1.82, 2.24) is 5.32 Å². The van der Waals surface area contributed by atoms with Crippen LogP contribution in [0.3, 0.4) is 0 Å². The lowest BCUT2D eigenvalue weighted by molar-refractivity contribution is -0.116. The molecule has 1 N–H and O–H groups in total. The normalized spacial score (nSPS) is 7.55. The van der Waals surface area contributed by atoms with Crippen molar-refractivity contribution in [3.63, 3.8) is 0 Å². The van der Waals surface area contributed by atoms with Crippen molar-refractivity contribution in [2.75, 3.05) is 6.54 Å². The van der Waals surface area contributed by atoms with Crippen LogP contribution in [0.1, 0.15) is 33.6 Å². The number of nitrogens with one attached hydrogen (secondary N) is 1. The lowest BCUT2D eigenvalue weighted by Gasteiger charge is -1.97. The topological polar surface area (TPSA) is 29.1 Å². The molecule has 0 aliphatic rings. The molecule has 0 bridgehead atoms. The second kappa shape index (κ2) is 11.9. The van der Waals surface area contributed by atoms with Gasteiger partial charge in [0.05, 0.1) is 0 Å². The van der Waals surface area contributed by atoms with Gasteiger partial charge in [-0.1, -0.05) is 33.8 Å². The molecule has 0 saturated heterocycles. The highest BCUT2D eigenvalue weighted by atomic mass is 16.1. The maximum atomic E-state index is 10.5. The monoisotopic (exact) mass is 157 g/mol. The lowest BCUT2D eigenvalue weighted by Crippen LogP contribution is -2.21. The van der Waals surface area contributed by atoms with Crippen molar-refractivity contribution in [3.05, 3.63) is 12.7 Å². The zero-order valence-corrected chi connectivity index (χ0v) is 7.81. The number of carbonyl (C=O) groups excluding carboxylic acids is 1. The molecule has 0 aromatic rings. The van der Waals surface area contributed by atoms with Crippen molar-refractivity contribution in [3.8, 4) is 0 Å². The SMILES string of the molecule is C=CC(=O)NCCCC.CC. The van der Waals surface area contributed by atoms with Gasteiger partial charge in [0.25, 0.3) is 0 Å². The van der Waals surface area contributed by atoms with E-state index in [0.29, 0.717) is 0 Å². The van der Waals surface area contributed by atoms with E-state index in [-0.39, 0.29) is 5.91 Å². The van der Waals surface area contributed by atoms with Crippen molar-refractivity contribution < 1.29 is 4.79 Å². The van der Waals surface area contributed by atoms with Gasteiger partial charge in [-0.25, -0.2) is 0 Å². The minimum Gasteiger partial charge on any atom is -0.353 e. The minimum absolute atomic E-state index is 0.0801. The molecule has 0 aromatic carbocycles. The Morgan fingerprint density at radius 2 is 2.09 bits per heavy atom. The summed E-state index contributed by atoms with van der Waals surface area (Å²) in [6, 6.07) is 0. The fourth-order valence-electron chi connectivity index (χ4n) is 0.461. The van der Waals surface area contributed by atoms with Crippen LogP contribution in [0.5, 0.6) is 0 Å². The Labute approximate surface area is 69.7 Å². The molecule has 2 nitrogen and oxygen atoms in total. The van der Waals surface area contributed by atoms with Crippen LogP contribution < -0.4 is 5.32 Å². The third-order valence-electron chi connectivity index (χ3n) is 1.01. The molecule has 0 aromatic heterocycles. The first-order valence-electron chi connectivity index (χ1n) is 4.21. The van der Waals surface area contributed by atoms with Crippen LogP contribution in [-0.4, -0.2) is 12.5 Å². The van der Waals surface area contributed by atoms with E-state index in [1.54, 1.807) is 0 Å². The van der Waals surface area contributed by atoms with Crippen LogP contribution in [0.2, 0.25) is 0 Å². The summed E-state index contributed by atoms with van der Waals surface area (Å²) in [5, 5.41) is 2.68. The first kappa shape index (κ1) is 12.8. The summed E-state index contributed by atoms with van der Waals surface area (Å²) >= 11 is 0. The molecule has 1 amide bonds. The molecule has 2 heteroatoms. The van der Waals surface area contributed by atoms with Gasteiger partial charge in [-0.05, 0) is 12.5 Å². The fourth-order valence-corrected chi connectivity index (χ4v) is 0.461. The second-order valence-electron chi connectivity index (χ2n) is 1.85. The Bertz CT molecular complexity index is 99.7. The standard InChI is InChI=1S/C7H13NO.C2H6/c1-3-5-6-8-7(9)4-2;1-2/h4H,2-3,5-6H2,1H3,(H,8,9);1-2H3. The average molecular weight is 157 g/mol. The maximum absolute atomic E-state index is 10.5. The molecule has 0 spiro atoms. The number of unbranched alkanes of at least 4 members (excludes halogenated alkanes) is 1. The van der Waals surface area contributed by atoms with Crippen LogP contribution in [-0.2, 0) is 4.79 Å². The highest BCUT2D eigenvalue weighted by Crippen LogP contribution is 1.81. The van der Waals surface area contributed by atoms with Gasteiger partial charge in [0, 0.05) is 6.54 Å². The zero-order chi connectivity index (χ0) is 9.11. The van der Waals surface area contributed by atoms with Gasteiger partial charge in [0.1, 0.15) is 0 Å². The molecule has 0 heterocycles. The van der Waals surface area contributed by atoms with E-state index in [2.05, 4.69) is 18.8 Å². The number of amides is 1. The number of hydrogen-bond acceptors (Lipinski definition) is 1. The highest BCUT2D eigenvalue weighted by Gasteiger charge is 1.88. The molecule has 0 aliphatic carbocycles. The van der Waals surface area contributed by atoms with E-state index in [1.165, 1.54) is 6.08 Å². The highest BCUT2D eigenvalue weighted by molar-refractivity contribution is 5.86. The predicted molar refractivity (Wildman–Crippen MR) is 49.5 cm³/mol. The largest absolute Gasteiger partial charge is 0.353 e. The molecular formula is C9H19NO. The molecule has 0 radical (unpaired) electrons. The van der Waals surface area contributed by atoms with E-state index in [0.717, 1.165) is 19.4 Å². The summed E-state index contributed by atoms with van der Waals surface area (Å²) in [6.45, 7) is 10.2. The third kappa shape index (κ3) is 12.4. The van der Waals surface area contributed by atoms with E-state index >= 15 is 0 Å². The Kier molecular flexibility index (Phi) is 13.9. The van der Waals surface area contributed by atoms with Crippen LogP contribution in [0.4, 0.5) is 0 Å². The molecule has 0 rings (SSSR count). The Morgan fingerprint density at radius 3 is 2.45 bits per heavy atom. The summed E-state index contributed by atoms with van der Waals surface area (Å²) in [6.07, 6.45) is 3.44. The quantitative estimate of drug-likeness (QED) is 0.491. The van der Waals surface area contributed by atoms with Crippen molar-refractivity contribution in [2.45, 2.75) is 33.6 Å². The number of rotatable bonds is 4. The van der Waals surface area contributed by atoms with Crippen molar-refractivity contribution in [1.29, 1.82) is 0 Å². The van der Waals surface area contributed by atoms with Crippen molar-refractivity contribution in [2.24, 2.45) is 0 Å². The predicted octanol–water partition coefficient (Wildman–Crippen LogP) is 2.11. The summed E-state index contributed by atoms with van der Waals surface area (Å²) in [5.41, 5.74) is 0. The Hall–Kier alpha value is -0.790. The van der Waals surface area contributed by atoms with E-state index in [9.17, 15) is 4.79 Å². The Morgan fingerprint density at radius 1 is 1.55 bits per heavy atom. The first-order valence-corrected chi connectivity index (χ1v) is 4.21. The molecule has 0 atom stereocenters. The van der Waals surface area contributed by atoms with Gasteiger partial charge in [-0.3, -0.25) is 4.79 Å². The molecule has 11 heavy (non-hydrogen) atoms. The second-order valence-corrected chi connectivity index (χ2v) is 1.85. The van der Waals surface area contributed by atoms with E-state index in [4.69, 9.17) is 0 Å². The van der Waals surface area contributed by atoms with Crippen molar-refractivity contribution >= 4 is 5.91 Å². The maximum Gasteiger partial charge on any atom is 0.243 e.